The van der Waals surface area contributed by atoms with Crippen LogP contribution in [0.5, 0.6) is 0 Å². The van der Waals surface area contributed by atoms with Crippen LogP contribution in [0.3, 0.4) is 0 Å². The lowest BCUT2D eigenvalue weighted by molar-refractivity contribution is 0.0238. The van der Waals surface area contributed by atoms with E-state index in [0.29, 0.717) is 16.9 Å². The maximum atomic E-state index is 12.8. The molecule has 2 aromatic carbocycles. The topological polar surface area (TPSA) is 23.6 Å². The van der Waals surface area contributed by atoms with E-state index in [2.05, 4.69) is 35.2 Å². The lowest BCUT2D eigenvalue weighted by atomic mass is 9.84. The van der Waals surface area contributed by atoms with Gasteiger partial charge in [0.15, 0.2) is 0 Å². The average Bonchev–Trinajstić information content (AvgIpc) is 2.62. The molecule has 2 unspecified atom stereocenters. The molecule has 2 bridgehead atoms. The zero-order valence-electron chi connectivity index (χ0n) is 14.3. The Morgan fingerprint density at radius 3 is 2.20 bits per heavy atom. The van der Waals surface area contributed by atoms with Crippen molar-refractivity contribution in [1.82, 2.24) is 9.80 Å². The van der Waals surface area contributed by atoms with E-state index in [4.69, 9.17) is 11.6 Å². The number of carbonyl (C=O) groups is 1. The summed E-state index contributed by atoms with van der Waals surface area (Å²) in [5.41, 5.74) is 2.11. The molecule has 0 spiro atoms. The number of carbonyl (C=O) groups excluding carboxylic acids is 1. The van der Waals surface area contributed by atoms with Crippen molar-refractivity contribution in [2.24, 2.45) is 11.8 Å². The normalized spacial score (nSPS) is 23.5. The van der Waals surface area contributed by atoms with Gasteiger partial charge in [0, 0.05) is 43.3 Å². The van der Waals surface area contributed by atoms with Crippen LogP contribution in [0.4, 0.5) is 0 Å². The van der Waals surface area contributed by atoms with Gasteiger partial charge in [-0.1, -0.05) is 41.9 Å². The fourth-order valence-corrected chi connectivity index (χ4v) is 4.43. The van der Waals surface area contributed by atoms with Gasteiger partial charge in [0.2, 0.25) is 0 Å². The third-order valence-electron chi connectivity index (χ3n) is 5.28. The molecule has 3 nitrogen and oxygen atoms in total. The summed E-state index contributed by atoms with van der Waals surface area (Å²) in [6, 6.07) is 17.9. The van der Waals surface area contributed by atoms with Crippen molar-refractivity contribution >= 4 is 17.5 Å². The molecule has 0 N–H and O–H groups in total. The second-order valence-electron chi connectivity index (χ2n) is 7.36. The van der Waals surface area contributed by atoms with Crippen LogP contribution >= 0.6 is 11.6 Å². The highest BCUT2D eigenvalue weighted by Crippen LogP contribution is 2.30. The number of amides is 1. The highest BCUT2D eigenvalue weighted by Gasteiger charge is 2.36. The van der Waals surface area contributed by atoms with Crippen LogP contribution in [0, 0.1) is 11.8 Å². The first-order valence-electron chi connectivity index (χ1n) is 8.98. The van der Waals surface area contributed by atoms with Gasteiger partial charge in [-0.3, -0.25) is 9.69 Å². The Morgan fingerprint density at radius 1 is 0.920 bits per heavy atom. The van der Waals surface area contributed by atoms with Crippen LogP contribution in [-0.2, 0) is 6.54 Å². The molecule has 2 aliphatic rings. The molecule has 2 atom stereocenters. The Hall–Kier alpha value is -1.84. The molecule has 0 aliphatic carbocycles. The molecular weight excluding hydrogens is 332 g/mol. The summed E-state index contributed by atoms with van der Waals surface area (Å²) in [6.07, 6.45) is 1.25. The van der Waals surface area contributed by atoms with Crippen LogP contribution < -0.4 is 0 Å². The molecule has 2 aromatic rings. The first-order chi connectivity index (χ1) is 12.2. The quantitative estimate of drug-likeness (QED) is 0.833. The number of hydrogen-bond acceptors (Lipinski definition) is 2. The van der Waals surface area contributed by atoms with Crippen molar-refractivity contribution in [2.45, 2.75) is 13.0 Å². The van der Waals surface area contributed by atoms with Crippen molar-refractivity contribution in [1.29, 1.82) is 0 Å². The van der Waals surface area contributed by atoms with Gasteiger partial charge in [0.1, 0.15) is 0 Å². The van der Waals surface area contributed by atoms with Gasteiger partial charge in [-0.15, -0.1) is 0 Å². The first kappa shape index (κ1) is 16.6. The highest BCUT2D eigenvalue weighted by atomic mass is 35.5. The Bertz CT molecular complexity index is 717. The van der Waals surface area contributed by atoms with E-state index < -0.39 is 0 Å². The molecule has 2 saturated heterocycles. The van der Waals surface area contributed by atoms with Crippen LogP contribution in [0.2, 0.25) is 5.02 Å². The van der Waals surface area contributed by atoms with E-state index in [1.54, 1.807) is 12.1 Å². The van der Waals surface area contributed by atoms with E-state index in [1.807, 2.05) is 17.0 Å². The molecule has 0 saturated carbocycles. The zero-order chi connectivity index (χ0) is 17.2. The Kier molecular flexibility index (Phi) is 4.78. The minimum atomic E-state index is 0.142. The number of benzene rings is 2. The minimum absolute atomic E-state index is 0.142. The maximum absolute atomic E-state index is 12.8. The Balaban J connectivity index is 1.40. The summed E-state index contributed by atoms with van der Waals surface area (Å²) in [6.45, 7) is 4.90. The van der Waals surface area contributed by atoms with Crippen molar-refractivity contribution in [3.63, 3.8) is 0 Å². The second kappa shape index (κ2) is 7.19. The fraction of sp³-hybridized carbons (Fsp3) is 0.381. The van der Waals surface area contributed by atoms with Gasteiger partial charge in [-0.25, -0.2) is 0 Å². The van der Waals surface area contributed by atoms with Crippen molar-refractivity contribution in [2.75, 3.05) is 26.2 Å². The highest BCUT2D eigenvalue weighted by molar-refractivity contribution is 6.30. The van der Waals surface area contributed by atoms with E-state index in [1.165, 1.54) is 12.0 Å². The van der Waals surface area contributed by atoms with Gasteiger partial charge in [-0.05, 0) is 48.1 Å². The number of fused-ring (bicyclic) bond motifs is 2. The molecule has 25 heavy (non-hydrogen) atoms. The molecule has 2 heterocycles. The summed E-state index contributed by atoms with van der Waals surface area (Å²) >= 11 is 5.93. The second-order valence-corrected chi connectivity index (χ2v) is 7.80. The van der Waals surface area contributed by atoms with Gasteiger partial charge < -0.3 is 4.90 Å². The number of rotatable bonds is 3. The lowest BCUT2D eigenvalue weighted by Crippen LogP contribution is -2.53. The molecule has 4 heteroatoms. The van der Waals surface area contributed by atoms with Crippen LogP contribution in [0.25, 0.3) is 0 Å². The van der Waals surface area contributed by atoms with E-state index in [9.17, 15) is 4.79 Å². The molecule has 2 fully saturated rings. The summed E-state index contributed by atoms with van der Waals surface area (Å²) < 4.78 is 0. The van der Waals surface area contributed by atoms with E-state index >= 15 is 0 Å². The molecular formula is C21H23ClN2O. The van der Waals surface area contributed by atoms with E-state index in [0.717, 1.165) is 38.3 Å². The largest absolute Gasteiger partial charge is 0.338 e. The van der Waals surface area contributed by atoms with Gasteiger partial charge in [0.25, 0.3) is 5.91 Å². The predicted octanol–water partition coefficient (Wildman–Crippen LogP) is 3.93. The standard InChI is InChI=1S/C21H23ClN2O/c22-20-8-6-19(7-9-20)21(25)24-14-17-10-18(15-24)13-23(12-17)11-16-4-2-1-3-5-16/h1-9,17-18H,10-15H2. The zero-order valence-corrected chi connectivity index (χ0v) is 15.0. The van der Waals surface area contributed by atoms with Crippen LogP contribution in [0.1, 0.15) is 22.3 Å². The number of halogens is 1. The van der Waals surface area contributed by atoms with E-state index in [-0.39, 0.29) is 5.91 Å². The third-order valence-corrected chi connectivity index (χ3v) is 5.54. The third kappa shape index (κ3) is 3.88. The van der Waals surface area contributed by atoms with Gasteiger partial charge >= 0.3 is 0 Å². The Morgan fingerprint density at radius 2 is 1.56 bits per heavy atom. The van der Waals surface area contributed by atoms with Crippen LogP contribution in [0.15, 0.2) is 54.6 Å². The molecule has 2 aliphatic heterocycles. The summed E-state index contributed by atoms with van der Waals surface area (Å²) in [7, 11) is 0. The number of likely N-dealkylation sites (tertiary alicyclic amines) is 2. The van der Waals surface area contributed by atoms with Crippen molar-refractivity contribution < 1.29 is 4.79 Å². The number of hydrogen-bond donors (Lipinski definition) is 0. The molecule has 0 aromatic heterocycles. The monoisotopic (exact) mass is 354 g/mol. The fourth-order valence-electron chi connectivity index (χ4n) is 4.30. The minimum Gasteiger partial charge on any atom is -0.338 e. The maximum Gasteiger partial charge on any atom is 0.253 e. The summed E-state index contributed by atoms with van der Waals surface area (Å²) in [5.74, 6) is 1.29. The van der Waals surface area contributed by atoms with Gasteiger partial charge in [-0.2, -0.15) is 0 Å². The summed E-state index contributed by atoms with van der Waals surface area (Å²) in [5, 5.41) is 0.670. The molecule has 0 radical (unpaired) electrons. The molecule has 130 valence electrons. The smallest absolute Gasteiger partial charge is 0.253 e. The Labute approximate surface area is 154 Å². The number of nitrogens with zero attached hydrogens (tertiary/aromatic N) is 2. The first-order valence-corrected chi connectivity index (χ1v) is 9.36. The number of piperidine rings is 2. The molecule has 1 amide bonds. The van der Waals surface area contributed by atoms with Gasteiger partial charge in [0.05, 0.1) is 0 Å². The van der Waals surface area contributed by atoms with Crippen molar-refractivity contribution in [3.05, 3.63) is 70.7 Å². The molecule has 4 rings (SSSR count). The predicted molar refractivity (Wildman–Crippen MR) is 101 cm³/mol. The lowest BCUT2D eigenvalue weighted by Gasteiger charge is -2.46. The SMILES string of the molecule is O=C(c1ccc(Cl)cc1)N1CC2CC(CN(Cc3ccccc3)C2)C1. The summed E-state index contributed by atoms with van der Waals surface area (Å²) in [4.78, 5) is 17.4. The van der Waals surface area contributed by atoms with Crippen LogP contribution in [-0.4, -0.2) is 41.9 Å². The average molecular weight is 355 g/mol. The van der Waals surface area contributed by atoms with Crippen molar-refractivity contribution in [3.8, 4) is 0 Å².